The van der Waals surface area contributed by atoms with Crippen LogP contribution < -0.4 is 0 Å². The van der Waals surface area contributed by atoms with Gasteiger partial charge in [0.15, 0.2) is 0 Å². The molecule has 0 N–H and O–H groups in total. The van der Waals surface area contributed by atoms with Gasteiger partial charge in [-0.25, -0.2) is 0 Å². The first-order valence-electron chi connectivity index (χ1n) is 11.4. The van der Waals surface area contributed by atoms with Gasteiger partial charge in [-0.1, -0.05) is 84.9 Å². The van der Waals surface area contributed by atoms with Crippen molar-refractivity contribution in [3.8, 4) is 11.1 Å². The lowest BCUT2D eigenvalue weighted by Crippen LogP contribution is -1.85. The summed E-state index contributed by atoms with van der Waals surface area (Å²) in [5.74, 6) is 0. The lowest BCUT2D eigenvalue weighted by atomic mass is 9.91. The Morgan fingerprint density at radius 1 is 0.394 bits per heavy atom. The van der Waals surface area contributed by atoms with E-state index in [2.05, 4.69) is 109 Å². The number of benzene rings is 7. The second-order valence-electron chi connectivity index (χ2n) is 8.98. The van der Waals surface area contributed by atoms with Gasteiger partial charge in [0.2, 0.25) is 0 Å². The van der Waals surface area contributed by atoms with E-state index in [0.29, 0.717) is 0 Å². The number of hydrogen-bond acceptors (Lipinski definition) is 1. The van der Waals surface area contributed by atoms with E-state index in [1.54, 1.807) is 0 Å². The molecule has 0 saturated heterocycles. The average molecular weight is 435 g/mol. The van der Waals surface area contributed by atoms with Crippen LogP contribution >= 0.6 is 11.3 Å². The Labute approximate surface area is 194 Å². The smallest absolute Gasteiger partial charge is 0.0433 e. The highest BCUT2D eigenvalue weighted by molar-refractivity contribution is 7.26. The zero-order valence-corrected chi connectivity index (χ0v) is 18.6. The second-order valence-corrected chi connectivity index (χ2v) is 10.0. The fourth-order valence-electron chi connectivity index (χ4n) is 5.60. The summed E-state index contributed by atoms with van der Waals surface area (Å²) in [6.45, 7) is 0. The molecule has 0 amide bonds. The third kappa shape index (κ3) is 2.40. The molecule has 152 valence electrons. The minimum Gasteiger partial charge on any atom is -0.135 e. The molecule has 8 rings (SSSR count). The quantitative estimate of drug-likeness (QED) is 0.226. The summed E-state index contributed by atoms with van der Waals surface area (Å²) in [7, 11) is 0. The molecule has 0 bridgehead atoms. The second kappa shape index (κ2) is 6.31. The molecule has 1 aromatic heterocycles. The van der Waals surface area contributed by atoms with Crippen LogP contribution in [0.3, 0.4) is 0 Å². The summed E-state index contributed by atoms with van der Waals surface area (Å²) in [6, 6.07) is 40.6. The number of fused-ring (bicyclic) bond motifs is 5. The first kappa shape index (κ1) is 17.6. The molecule has 0 aliphatic rings. The first-order chi connectivity index (χ1) is 16.3. The van der Waals surface area contributed by atoms with E-state index in [-0.39, 0.29) is 0 Å². The lowest BCUT2D eigenvalue weighted by Gasteiger charge is -2.13. The van der Waals surface area contributed by atoms with E-state index in [9.17, 15) is 0 Å². The van der Waals surface area contributed by atoms with E-state index in [1.807, 2.05) is 11.3 Å². The van der Waals surface area contributed by atoms with Crippen molar-refractivity contribution in [3.05, 3.63) is 109 Å². The van der Waals surface area contributed by atoms with Crippen LogP contribution in [0.2, 0.25) is 0 Å². The fourth-order valence-corrected chi connectivity index (χ4v) is 6.82. The van der Waals surface area contributed by atoms with Crippen LogP contribution in [-0.4, -0.2) is 0 Å². The third-order valence-electron chi connectivity index (χ3n) is 7.16. The molecule has 0 aliphatic carbocycles. The molecule has 0 radical (unpaired) electrons. The Hall–Kier alpha value is -3.94. The summed E-state index contributed by atoms with van der Waals surface area (Å²) in [6.07, 6.45) is 0. The van der Waals surface area contributed by atoms with Gasteiger partial charge >= 0.3 is 0 Å². The molecule has 1 heterocycles. The molecule has 0 saturated carbocycles. The largest absolute Gasteiger partial charge is 0.135 e. The predicted molar refractivity (Wildman–Crippen MR) is 146 cm³/mol. The SMILES string of the molecule is c1ccc2c(c1)ccc1c3cc(-c4cc5ccc6cccc7ccc(c4)c5c67)ccc3sc21. The standard InChI is InChI=1S/C32H18S/c1-2-7-26-19(4-1)12-14-27-28-18-22(13-15-29(28)33-32(26)27)25-16-23-10-8-20-5-3-6-21-9-11-24(17-25)31(23)30(20)21/h1-18H. The van der Waals surface area contributed by atoms with Gasteiger partial charge in [-0.3, -0.25) is 0 Å². The van der Waals surface area contributed by atoms with Crippen molar-refractivity contribution in [1.82, 2.24) is 0 Å². The number of rotatable bonds is 1. The summed E-state index contributed by atoms with van der Waals surface area (Å²) < 4.78 is 2.73. The summed E-state index contributed by atoms with van der Waals surface area (Å²) >= 11 is 1.90. The van der Waals surface area contributed by atoms with E-state index in [1.165, 1.54) is 74.4 Å². The highest BCUT2D eigenvalue weighted by Crippen LogP contribution is 2.41. The first-order valence-corrected chi connectivity index (χ1v) is 12.2. The zero-order valence-electron chi connectivity index (χ0n) is 17.8. The van der Waals surface area contributed by atoms with E-state index < -0.39 is 0 Å². The molecular weight excluding hydrogens is 416 g/mol. The normalized spacial score (nSPS) is 12.2. The Bertz CT molecular complexity index is 1960. The number of thiophene rings is 1. The van der Waals surface area contributed by atoms with Crippen LogP contribution in [0, 0.1) is 0 Å². The lowest BCUT2D eigenvalue weighted by molar-refractivity contribution is 1.72. The Balaban J connectivity index is 1.40. The zero-order chi connectivity index (χ0) is 21.5. The van der Waals surface area contributed by atoms with Gasteiger partial charge in [0.05, 0.1) is 0 Å². The van der Waals surface area contributed by atoms with Crippen LogP contribution in [0.15, 0.2) is 109 Å². The summed E-state index contributed by atoms with van der Waals surface area (Å²) in [5, 5.41) is 13.4. The average Bonchev–Trinajstić information content (AvgIpc) is 3.25. The van der Waals surface area contributed by atoms with E-state index >= 15 is 0 Å². The topological polar surface area (TPSA) is 0 Å². The highest BCUT2D eigenvalue weighted by Gasteiger charge is 2.12. The Kier molecular flexibility index (Phi) is 3.37. The minimum absolute atomic E-state index is 1.28. The molecular formula is C32H18S. The van der Waals surface area contributed by atoms with Gasteiger partial charge in [0, 0.05) is 20.2 Å². The predicted octanol–water partition coefficient (Wildman–Crippen LogP) is 9.77. The summed E-state index contributed by atoms with van der Waals surface area (Å²) in [5.41, 5.74) is 2.56. The van der Waals surface area contributed by atoms with E-state index in [0.717, 1.165) is 0 Å². The molecule has 0 atom stereocenters. The van der Waals surface area contributed by atoms with Crippen LogP contribution in [0.25, 0.3) is 74.4 Å². The maximum absolute atomic E-state index is 2.38. The van der Waals surface area contributed by atoms with Crippen molar-refractivity contribution in [2.75, 3.05) is 0 Å². The van der Waals surface area contributed by atoms with Crippen molar-refractivity contribution < 1.29 is 0 Å². The van der Waals surface area contributed by atoms with Gasteiger partial charge in [-0.2, -0.15) is 0 Å². The third-order valence-corrected chi connectivity index (χ3v) is 8.38. The maximum atomic E-state index is 2.38. The van der Waals surface area contributed by atoms with Gasteiger partial charge in [0.25, 0.3) is 0 Å². The number of hydrogen-bond donors (Lipinski definition) is 0. The molecule has 0 spiro atoms. The van der Waals surface area contributed by atoms with Crippen molar-refractivity contribution in [2.45, 2.75) is 0 Å². The highest BCUT2D eigenvalue weighted by atomic mass is 32.1. The monoisotopic (exact) mass is 434 g/mol. The summed E-state index contributed by atoms with van der Waals surface area (Å²) in [4.78, 5) is 0. The molecule has 0 aliphatic heterocycles. The van der Waals surface area contributed by atoms with Gasteiger partial charge < -0.3 is 0 Å². The van der Waals surface area contributed by atoms with Gasteiger partial charge in [-0.15, -0.1) is 11.3 Å². The molecule has 7 aromatic carbocycles. The molecule has 0 fully saturated rings. The van der Waals surface area contributed by atoms with Crippen molar-refractivity contribution in [1.29, 1.82) is 0 Å². The van der Waals surface area contributed by atoms with Crippen LogP contribution in [-0.2, 0) is 0 Å². The van der Waals surface area contributed by atoms with Crippen molar-refractivity contribution in [3.63, 3.8) is 0 Å². The van der Waals surface area contributed by atoms with Gasteiger partial charge in [0.1, 0.15) is 0 Å². The van der Waals surface area contributed by atoms with Crippen LogP contribution in [0.5, 0.6) is 0 Å². The minimum atomic E-state index is 1.28. The van der Waals surface area contributed by atoms with E-state index in [4.69, 9.17) is 0 Å². The molecule has 8 aromatic rings. The Morgan fingerprint density at radius 3 is 1.88 bits per heavy atom. The molecule has 1 heteroatoms. The molecule has 0 nitrogen and oxygen atoms in total. The molecule has 0 unspecified atom stereocenters. The van der Waals surface area contributed by atoms with Crippen molar-refractivity contribution >= 4 is 74.6 Å². The van der Waals surface area contributed by atoms with Crippen molar-refractivity contribution in [2.24, 2.45) is 0 Å². The fraction of sp³-hybridized carbons (Fsp3) is 0. The van der Waals surface area contributed by atoms with Crippen LogP contribution in [0.1, 0.15) is 0 Å². The maximum Gasteiger partial charge on any atom is 0.0433 e. The Morgan fingerprint density at radius 2 is 1.06 bits per heavy atom. The van der Waals surface area contributed by atoms with Crippen LogP contribution in [0.4, 0.5) is 0 Å². The van der Waals surface area contributed by atoms with Gasteiger partial charge in [-0.05, 0) is 78.5 Å². The molecule has 33 heavy (non-hydrogen) atoms.